The van der Waals surface area contributed by atoms with Crippen LogP contribution in [0.3, 0.4) is 0 Å². The van der Waals surface area contributed by atoms with Crippen LogP contribution in [0, 0.1) is 17.1 Å². The molecule has 0 radical (unpaired) electrons. The Morgan fingerprint density at radius 2 is 1.87 bits per heavy atom. The van der Waals surface area contributed by atoms with Gasteiger partial charge in [0.05, 0.1) is 17.0 Å². The van der Waals surface area contributed by atoms with Gasteiger partial charge in [-0.15, -0.1) is 0 Å². The van der Waals surface area contributed by atoms with Gasteiger partial charge in [0.1, 0.15) is 5.82 Å². The second-order valence-electron chi connectivity index (χ2n) is 7.36. The highest BCUT2D eigenvalue weighted by atomic mass is 19.1. The Morgan fingerprint density at radius 3 is 2.63 bits per heavy atom. The molecule has 7 heteroatoms. The molecule has 1 fully saturated rings. The van der Waals surface area contributed by atoms with Crippen LogP contribution in [-0.2, 0) is 11.2 Å². The highest BCUT2D eigenvalue weighted by Crippen LogP contribution is 2.19. The Balaban J connectivity index is 1.36. The molecule has 3 aromatic rings. The number of carbonyl (C=O) groups excluding carboxylic acids is 1. The molecule has 1 aliphatic rings. The molecule has 1 saturated heterocycles. The lowest BCUT2D eigenvalue weighted by Gasteiger charge is -2.36. The summed E-state index contributed by atoms with van der Waals surface area (Å²) in [5, 5.41) is 9.64. The number of pyridine rings is 1. The summed E-state index contributed by atoms with van der Waals surface area (Å²) in [5.41, 5.74) is 1.76. The molecular formula is C23H21FN4O2. The zero-order valence-electron chi connectivity index (χ0n) is 16.4. The van der Waals surface area contributed by atoms with Gasteiger partial charge in [-0.2, -0.15) is 5.26 Å². The van der Waals surface area contributed by atoms with Crippen molar-refractivity contribution in [2.45, 2.75) is 12.8 Å². The van der Waals surface area contributed by atoms with E-state index in [2.05, 4.69) is 16.0 Å². The van der Waals surface area contributed by atoms with Gasteiger partial charge < -0.3 is 14.8 Å². The third-order valence-corrected chi connectivity index (χ3v) is 5.46. The lowest BCUT2D eigenvalue weighted by Crippen LogP contribution is -2.48. The third-order valence-electron chi connectivity index (χ3n) is 5.46. The smallest absolute Gasteiger partial charge is 0.258 e. The van der Waals surface area contributed by atoms with Crippen LogP contribution < -0.4 is 10.5 Å². The lowest BCUT2D eigenvalue weighted by molar-refractivity contribution is -0.131. The fraction of sp³-hybridized carbons (Fsp3) is 0.261. The number of halogens is 1. The van der Waals surface area contributed by atoms with Gasteiger partial charge in [0.2, 0.25) is 5.91 Å². The molecular weight excluding hydrogens is 383 g/mol. The minimum absolute atomic E-state index is 0.0283. The number of hydrogen-bond donors (Lipinski definition) is 1. The van der Waals surface area contributed by atoms with Crippen LogP contribution in [0.2, 0.25) is 0 Å². The van der Waals surface area contributed by atoms with Crippen molar-refractivity contribution in [2.75, 3.05) is 31.1 Å². The normalized spacial score (nSPS) is 14.0. The van der Waals surface area contributed by atoms with E-state index in [-0.39, 0.29) is 17.7 Å². The minimum atomic E-state index is -0.547. The maximum atomic E-state index is 13.8. The Morgan fingerprint density at radius 1 is 1.10 bits per heavy atom. The van der Waals surface area contributed by atoms with Crippen molar-refractivity contribution in [1.82, 2.24) is 9.88 Å². The van der Waals surface area contributed by atoms with Gasteiger partial charge in [0.25, 0.3) is 5.56 Å². The van der Waals surface area contributed by atoms with Crippen LogP contribution in [-0.4, -0.2) is 42.0 Å². The van der Waals surface area contributed by atoms with Crippen molar-refractivity contribution >= 4 is 22.4 Å². The van der Waals surface area contributed by atoms with Crippen LogP contribution in [0.1, 0.15) is 17.7 Å². The third kappa shape index (κ3) is 4.03. The van der Waals surface area contributed by atoms with E-state index in [4.69, 9.17) is 5.26 Å². The quantitative estimate of drug-likeness (QED) is 0.725. The summed E-state index contributed by atoms with van der Waals surface area (Å²) in [4.78, 5) is 31.5. The van der Waals surface area contributed by atoms with E-state index in [1.807, 2.05) is 23.1 Å². The van der Waals surface area contributed by atoms with Crippen molar-refractivity contribution in [3.8, 4) is 6.07 Å². The molecule has 0 atom stereocenters. The first kappa shape index (κ1) is 19.6. The number of nitriles is 1. The van der Waals surface area contributed by atoms with Gasteiger partial charge in [-0.3, -0.25) is 9.59 Å². The lowest BCUT2D eigenvalue weighted by atomic mass is 10.1. The molecule has 152 valence electrons. The van der Waals surface area contributed by atoms with Gasteiger partial charge in [0.15, 0.2) is 0 Å². The first-order valence-electron chi connectivity index (χ1n) is 9.88. The number of hydrogen-bond acceptors (Lipinski definition) is 4. The molecule has 0 unspecified atom stereocenters. The van der Waals surface area contributed by atoms with Crippen LogP contribution in [0.4, 0.5) is 10.1 Å². The summed E-state index contributed by atoms with van der Waals surface area (Å²) in [5.74, 6) is -0.518. The number of piperazine rings is 1. The summed E-state index contributed by atoms with van der Waals surface area (Å²) >= 11 is 0. The Kier molecular flexibility index (Phi) is 5.48. The molecule has 0 bridgehead atoms. The fourth-order valence-electron chi connectivity index (χ4n) is 3.85. The average Bonchev–Trinajstić information content (AvgIpc) is 2.77. The second-order valence-corrected chi connectivity index (χ2v) is 7.36. The Labute approximate surface area is 173 Å². The number of nitrogens with zero attached hydrogens (tertiary/aromatic N) is 3. The van der Waals surface area contributed by atoms with Gasteiger partial charge >= 0.3 is 0 Å². The standard InChI is InChI=1S/C23H21FN4O2/c24-20-6-2-4-17-14-18(26-23(30)22(17)20)7-8-21(29)28-11-9-27(10-12-28)19-5-1-3-16(13-19)15-25/h1-6,13-14H,7-12H2,(H,26,30). The molecule has 0 saturated carbocycles. The number of aromatic amines is 1. The average molecular weight is 404 g/mol. The molecule has 0 spiro atoms. The van der Waals surface area contributed by atoms with E-state index in [0.29, 0.717) is 49.2 Å². The first-order valence-corrected chi connectivity index (χ1v) is 9.88. The van der Waals surface area contributed by atoms with E-state index in [1.54, 1.807) is 24.3 Å². The highest BCUT2D eigenvalue weighted by molar-refractivity contribution is 5.82. The molecule has 4 rings (SSSR count). The van der Waals surface area contributed by atoms with Crippen LogP contribution in [0.25, 0.3) is 10.8 Å². The molecule has 1 amide bonds. The topological polar surface area (TPSA) is 80.2 Å². The number of rotatable bonds is 4. The van der Waals surface area contributed by atoms with Crippen LogP contribution in [0.15, 0.2) is 53.3 Å². The fourth-order valence-corrected chi connectivity index (χ4v) is 3.85. The van der Waals surface area contributed by atoms with Crippen molar-refractivity contribution in [3.05, 3.63) is 76.0 Å². The van der Waals surface area contributed by atoms with E-state index in [9.17, 15) is 14.0 Å². The zero-order chi connectivity index (χ0) is 21.1. The van der Waals surface area contributed by atoms with E-state index in [0.717, 1.165) is 5.69 Å². The molecule has 1 N–H and O–H groups in total. The van der Waals surface area contributed by atoms with Gasteiger partial charge in [-0.1, -0.05) is 18.2 Å². The molecule has 30 heavy (non-hydrogen) atoms. The summed E-state index contributed by atoms with van der Waals surface area (Å²) in [7, 11) is 0. The number of amides is 1. The number of carbonyl (C=O) groups is 1. The largest absolute Gasteiger partial charge is 0.368 e. The predicted molar refractivity (Wildman–Crippen MR) is 113 cm³/mol. The second kappa shape index (κ2) is 8.37. The number of fused-ring (bicyclic) bond motifs is 1. The van der Waals surface area contributed by atoms with E-state index >= 15 is 0 Å². The van der Waals surface area contributed by atoms with E-state index < -0.39 is 11.4 Å². The molecule has 2 aromatic carbocycles. The van der Waals surface area contributed by atoms with Crippen molar-refractivity contribution in [2.24, 2.45) is 0 Å². The number of benzene rings is 2. The predicted octanol–water partition coefficient (Wildman–Crippen LogP) is 2.82. The van der Waals surface area contributed by atoms with Crippen molar-refractivity contribution < 1.29 is 9.18 Å². The number of nitrogens with one attached hydrogen (secondary N) is 1. The first-order chi connectivity index (χ1) is 14.5. The molecule has 1 aliphatic heterocycles. The molecule has 2 heterocycles. The monoisotopic (exact) mass is 404 g/mol. The SMILES string of the molecule is N#Cc1cccc(N2CCN(C(=O)CCc3cc4cccc(F)c4c(=O)[nH]3)CC2)c1. The summed E-state index contributed by atoms with van der Waals surface area (Å²) < 4.78 is 13.8. The maximum absolute atomic E-state index is 13.8. The summed E-state index contributed by atoms with van der Waals surface area (Å²) in [6, 6.07) is 15.9. The van der Waals surface area contributed by atoms with Gasteiger partial charge in [0, 0.05) is 44.0 Å². The number of aryl methyl sites for hydroxylation is 1. The minimum Gasteiger partial charge on any atom is -0.368 e. The number of H-pyrrole nitrogens is 1. The van der Waals surface area contributed by atoms with Crippen LogP contribution in [0.5, 0.6) is 0 Å². The number of anilines is 1. The van der Waals surface area contributed by atoms with Gasteiger partial charge in [-0.05, 0) is 42.1 Å². The molecule has 6 nitrogen and oxygen atoms in total. The van der Waals surface area contributed by atoms with Crippen molar-refractivity contribution in [3.63, 3.8) is 0 Å². The highest BCUT2D eigenvalue weighted by Gasteiger charge is 2.21. The zero-order valence-corrected chi connectivity index (χ0v) is 16.4. The van der Waals surface area contributed by atoms with E-state index in [1.165, 1.54) is 6.07 Å². The Hall–Kier alpha value is -3.66. The van der Waals surface area contributed by atoms with Gasteiger partial charge in [-0.25, -0.2) is 4.39 Å². The summed E-state index contributed by atoms with van der Waals surface area (Å²) in [6.07, 6.45) is 0.672. The molecule has 1 aromatic heterocycles. The van der Waals surface area contributed by atoms with Crippen molar-refractivity contribution in [1.29, 1.82) is 5.26 Å². The number of aromatic nitrogens is 1. The Bertz CT molecular complexity index is 1190. The molecule has 0 aliphatic carbocycles. The van der Waals surface area contributed by atoms with Crippen LogP contribution >= 0.6 is 0 Å². The maximum Gasteiger partial charge on any atom is 0.258 e. The summed E-state index contributed by atoms with van der Waals surface area (Å²) in [6.45, 7) is 2.61.